The Morgan fingerprint density at radius 2 is 2.00 bits per heavy atom. The summed E-state index contributed by atoms with van der Waals surface area (Å²) in [5.74, 6) is 1.65. The zero-order chi connectivity index (χ0) is 18.9. The van der Waals surface area contributed by atoms with Crippen LogP contribution in [0.25, 0.3) is 21.5 Å². The Labute approximate surface area is 165 Å². The van der Waals surface area contributed by atoms with Gasteiger partial charge in [-0.05, 0) is 40.6 Å². The van der Waals surface area contributed by atoms with Gasteiger partial charge in [0.25, 0.3) is 5.89 Å². The fraction of sp³-hybridized carbons (Fsp3) is 0.190. The van der Waals surface area contributed by atoms with E-state index >= 15 is 0 Å². The molecule has 0 atom stereocenters. The maximum atomic E-state index is 12.4. The number of amides is 2. The normalized spacial score (nSPS) is 13.6. The van der Waals surface area contributed by atoms with Crippen LogP contribution in [0.2, 0.25) is 0 Å². The number of benzene rings is 2. The van der Waals surface area contributed by atoms with Crippen LogP contribution < -0.4 is 10.6 Å². The predicted molar refractivity (Wildman–Crippen MR) is 109 cm³/mol. The van der Waals surface area contributed by atoms with Crippen LogP contribution in [0.1, 0.15) is 30.1 Å². The Morgan fingerprint density at radius 1 is 1.14 bits per heavy atom. The maximum Gasteiger partial charge on any atom is 0.319 e. The number of fused-ring (bicyclic) bond motifs is 1. The van der Waals surface area contributed by atoms with Gasteiger partial charge in [0.05, 0.1) is 5.69 Å². The standard InChI is InChI=1S/C21H18N4O2S/c26-21(22-12-15-6-3-5-13-4-1-2-7-16(13)15)23-17-10-11-28-18(17)20-24-19(25-27-20)14-8-9-14/h1-7,10-11,14H,8-9,12H2,(H2,22,23,26). The molecule has 6 nitrogen and oxygen atoms in total. The molecule has 2 heterocycles. The zero-order valence-electron chi connectivity index (χ0n) is 15.0. The average Bonchev–Trinajstić information content (AvgIpc) is 3.27. The van der Waals surface area contributed by atoms with E-state index in [0.717, 1.165) is 39.9 Å². The number of nitrogens with one attached hydrogen (secondary N) is 2. The molecule has 5 rings (SSSR count). The van der Waals surface area contributed by atoms with Gasteiger partial charge in [0.1, 0.15) is 4.88 Å². The molecule has 2 amide bonds. The van der Waals surface area contributed by atoms with Crippen LogP contribution in [0.5, 0.6) is 0 Å². The molecule has 0 unspecified atom stereocenters. The number of rotatable bonds is 5. The highest BCUT2D eigenvalue weighted by Crippen LogP contribution is 2.40. The number of hydrogen-bond donors (Lipinski definition) is 2. The van der Waals surface area contributed by atoms with Crippen molar-refractivity contribution < 1.29 is 9.32 Å². The van der Waals surface area contributed by atoms with Gasteiger partial charge in [-0.15, -0.1) is 11.3 Å². The summed E-state index contributed by atoms with van der Waals surface area (Å²) in [5.41, 5.74) is 1.75. The topological polar surface area (TPSA) is 80.0 Å². The van der Waals surface area contributed by atoms with Crippen LogP contribution in [0.15, 0.2) is 58.4 Å². The first-order chi connectivity index (χ1) is 13.8. The minimum atomic E-state index is -0.269. The molecular weight excluding hydrogens is 372 g/mol. The van der Waals surface area contributed by atoms with Gasteiger partial charge in [0.2, 0.25) is 0 Å². The number of carbonyl (C=O) groups excluding carboxylic acids is 1. The summed E-state index contributed by atoms with van der Waals surface area (Å²) in [6.45, 7) is 0.443. The summed E-state index contributed by atoms with van der Waals surface area (Å²) in [7, 11) is 0. The van der Waals surface area contributed by atoms with Crippen molar-refractivity contribution in [2.45, 2.75) is 25.3 Å². The fourth-order valence-corrected chi connectivity index (χ4v) is 3.97. The molecular formula is C21H18N4O2S. The Bertz CT molecular complexity index is 1140. The van der Waals surface area contributed by atoms with Crippen LogP contribution in [-0.2, 0) is 6.54 Å². The molecule has 0 radical (unpaired) electrons. The van der Waals surface area contributed by atoms with Crippen molar-refractivity contribution >= 4 is 33.8 Å². The lowest BCUT2D eigenvalue weighted by Crippen LogP contribution is -2.28. The summed E-state index contributed by atoms with van der Waals surface area (Å²) in [5, 5.41) is 14.1. The van der Waals surface area contributed by atoms with E-state index in [2.05, 4.69) is 39.0 Å². The van der Waals surface area contributed by atoms with Gasteiger partial charge >= 0.3 is 6.03 Å². The van der Waals surface area contributed by atoms with Gasteiger partial charge in [-0.2, -0.15) is 4.98 Å². The SMILES string of the molecule is O=C(NCc1cccc2ccccc12)Nc1ccsc1-c1nc(C2CC2)no1. The van der Waals surface area contributed by atoms with Crippen molar-refractivity contribution in [1.82, 2.24) is 15.5 Å². The second-order valence-corrected chi connectivity index (χ2v) is 7.76. The van der Waals surface area contributed by atoms with Gasteiger partial charge in [-0.3, -0.25) is 0 Å². The fourth-order valence-electron chi connectivity index (χ4n) is 3.20. The quantitative estimate of drug-likeness (QED) is 0.494. The lowest BCUT2D eigenvalue weighted by Gasteiger charge is -2.09. The third kappa shape index (κ3) is 3.36. The minimum Gasteiger partial charge on any atom is -0.334 e. The molecule has 0 saturated heterocycles. The van der Waals surface area contributed by atoms with Crippen molar-refractivity contribution in [3.63, 3.8) is 0 Å². The molecule has 0 bridgehead atoms. The molecule has 2 N–H and O–H groups in total. The minimum absolute atomic E-state index is 0.269. The Kier molecular flexibility index (Phi) is 4.29. The zero-order valence-corrected chi connectivity index (χ0v) is 15.8. The maximum absolute atomic E-state index is 12.4. The Balaban J connectivity index is 1.28. The van der Waals surface area contributed by atoms with Gasteiger partial charge < -0.3 is 15.2 Å². The molecule has 1 aliphatic rings. The number of anilines is 1. The van der Waals surface area contributed by atoms with Crippen molar-refractivity contribution in [3.05, 3.63) is 65.3 Å². The highest BCUT2D eigenvalue weighted by atomic mass is 32.1. The molecule has 0 spiro atoms. The molecule has 1 fully saturated rings. The van der Waals surface area contributed by atoms with E-state index in [1.165, 1.54) is 11.3 Å². The molecule has 28 heavy (non-hydrogen) atoms. The van der Waals surface area contributed by atoms with Gasteiger partial charge in [-0.25, -0.2) is 4.79 Å². The van der Waals surface area contributed by atoms with Crippen LogP contribution in [-0.4, -0.2) is 16.2 Å². The highest BCUT2D eigenvalue weighted by molar-refractivity contribution is 7.14. The van der Waals surface area contributed by atoms with Crippen molar-refractivity contribution in [2.24, 2.45) is 0 Å². The monoisotopic (exact) mass is 390 g/mol. The van der Waals surface area contributed by atoms with Gasteiger partial charge in [0.15, 0.2) is 5.82 Å². The molecule has 2 aromatic carbocycles. The van der Waals surface area contributed by atoms with Crippen molar-refractivity contribution in [2.75, 3.05) is 5.32 Å². The number of aromatic nitrogens is 2. The summed E-state index contributed by atoms with van der Waals surface area (Å²) < 4.78 is 5.39. The molecule has 2 aromatic heterocycles. The van der Waals surface area contributed by atoms with Crippen molar-refractivity contribution in [3.8, 4) is 10.8 Å². The molecule has 0 aliphatic heterocycles. The number of nitrogens with zero attached hydrogens (tertiary/aromatic N) is 2. The number of thiophene rings is 1. The number of urea groups is 1. The molecule has 1 aliphatic carbocycles. The largest absolute Gasteiger partial charge is 0.334 e. The summed E-state index contributed by atoms with van der Waals surface area (Å²) in [6.07, 6.45) is 2.23. The second kappa shape index (κ2) is 7.09. The van der Waals surface area contributed by atoms with E-state index in [4.69, 9.17) is 4.52 Å². The summed E-state index contributed by atoms with van der Waals surface area (Å²) in [6, 6.07) is 15.8. The third-order valence-electron chi connectivity index (χ3n) is 4.81. The van der Waals surface area contributed by atoms with E-state index in [9.17, 15) is 4.79 Å². The summed E-state index contributed by atoms with van der Waals surface area (Å²) in [4.78, 5) is 17.7. The van der Waals surface area contributed by atoms with E-state index in [1.807, 2.05) is 35.7 Å². The van der Waals surface area contributed by atoms with E-state index in [0.29, 0.717) is 24.0 Å². The van der Waals surface area contributed by atoms with E-state index in [-0.39, 0.29) is 6.03 Å². The highest BCUT2D eigenvalue weighted by Gasteiger charge is 2.29. The lowest BCUT2D eigenvalue weighted by atomic mass is 10.0. The first-order valence-corrected chi connectivity index (χ1v) is 10.1. The lowest BCUT2D eigenvalue weighted by molar-refractivity contribution is 0.252. The van der Waals surface area contributed by atoms with Crippen molar-refractivity contribution in [1.29, 1.82) is 0 Å². The van der Waals surface area contributed by atoms with Crippen LogP contribution in [0, 0.1) is 0 Å². The molecule has 7 heteroatoms. The predicted octanol–water partition coefficient (Wildman–Crippen LogP) is 5.15. The Morgan fingerprint density at radius 3 is 2.89 bits per heavy atom. The molecule has 4 aromatic rings. The number of carbonyl (C=O) groups is 1. The number of hydrogen-bond acceptors (Lipinski definition) is 5. The van der Waals surface area contributed by atoms with Crippen LogP contribution in [0.3, 0.4) is 0 Å². The van der Waals surface area contributed by atoms with Crippen LogP contribution >= 0.6 is 11.3 Å². The van der Waals surface area contributed by atoms with Gasteiger partial charge in [0, 0.05) is 12.5 Å². The molecule has 140 valence electrons. The first-order valence-electron chi connectivity index (χ1n) is 9.21. The van der Waals surface area contributed by atoms with Crippen LogP contribution in [0.4, 0.5) is 10.5 Å². The average molecular weight is 390 g/mol. The van der Waals surface area contributed by atoms with Gasteiger partial charge in [-0.1, -0.05) is 47.6 Å². The van der Waals surface area contributed by atoms with E-state index in [1.54, 1.807) is 0 Å². The molecule has 1 saturated carbocycles. The van der Waals surface area contributed by atoms with E-state index < -0.39 is 0 Å². The second-order valence-electron chi connectivity index (χ2n) is 6.84. The Hall–Kier alpha value is -3.19. The third-order valence-corrected chi connectivity index (χ3v) is 5.71. The smallest absolute Gasteiger partial charge is 0.319 e. The summed E-state index contributed by atoms with van der Waals surface area (Å²) >= 11 is 1.47. The first kappa shape index (κ1) is 16.9.